The molecule has 0 aromatic heterocycles. The first kappa shape index (κ1) is 11.7. The molecule has 0 atom stereocenters. The molecular formula is C17H14O2. The number of carbonyl (C=O) groups excluding carboxylic acids is 1. The lowest BCUT2D eigenvalue weighted by atomic mass is 10.1. The van der Waals surface area contributed by atoms with Crippen LogP contribution in [0.25, 0.3) is 21.5 Å². The molecule has 0 fully saturated rings. The molecule has 0 aliphatic rings. The molecule has 3 aromatic carbocycles. The fraction of sp³-hybridized carbons (Fsp3) is 0.118. The SMILES string of the molecule is CCOC(=O)c1ccc2ccc3cccc3c2cc1. The molecule has 3 aromatic rings. The van der Waals surface area contributed by atoms with Crippen LogP contribution in [-0.2, 0) is 4.74 Å². The van der Waals surface area contributed by atoms with Crippen LogP contribution in [0, 0.1) is 0 Å². The zero-order valence-electron chi connectivity index (χ0n) is 10.7. The smallest absolute Gasteiger partial charge is 0.338 e. The molecule has 2 nitrogen and oxygen atoms in total. The number of ether oxygens (including phenoxy) is 1. The molecule has 0 bridgehead atoms. The number of rotatable bonds is 2. The van der Waals surface area contributed by atoms with E-state index in [9.17, 15) is 4.79 Å². The Hall–Kier alpha value is -2.35. The number of carbonyl (C=O) groups is 1. The van der Waals surface area contributed by atoms with Crippen molar-refractivity contribution in [1.29, 1.82) is 0 Å². The number of esters is 1. The van der Waals surface area contributed by atoms with Crippen LogP contribution in [0.3, 0.4) is 0 Å². The lowest BCUT2D eigenvalue weighted by molar-refractivity contribution is 0.0526. The molecule has 3 rings (SSSR count). The molecule has 19 heavy (non-hydrogen) atoms. The van der Waals surface area contributed by atoms with E-state index in [2.05, 4.69) is 24.3 Å². The number of hydrogen-bond donors (Lipinski definition) is 0. The summed E-state index contributed by atoms with van der Waals surface area (Å²) in [5.41, 5.74) is 0.581. The maximum Gasteiger partial charge on any atom is 0.338 e. The van der Waals surface area contributed by atoms with Gasteiger partial charge < -0.3 is 4.74 Å². The first-order valence-electron chi connectivity index (χ1n) is 6.38. The summed E-state index contributed by atoms with van der Waals surface area (Å²) in [6.45, 7) is 2.20. The Morgan fingerprint density at radius 1 is 0.895 bits per heavy atom. The third-order valence-electron chi connectivity index (χ3n) is 3.28. The normalized spacial score (nSPS) is 10.8. The summed E-state index contributed by atoms with van der Waals surface area (Å²) in [6, 6.07) is 18.0. The highest BCUT2D eigenvalue weighted by Gasteiger charge is 2.05. The van der Waals surface area contributed by atoms with Gasteiger partial charge in [-0.25, -0.2) is 4.79 Å². The topological polar surface area (TPSA) is 26.3 Å². The van der Waals surface area contributed by atoms with Gasteiger partial charge in [-0.3, -0.25) is 0 Å². The quantitative estimate of drug-likeness (QED) is 0.638. The van der Waals surface area contributed by atoms with Crippen molar-refractivity contribution in [2.24, 2.45) is 0 Å². The molecule has 0 radical (unpaired) electrons. The van der Waals surface area contributed by atoms with Crippen molar-refractivity contribution in [3.05, 3.63) is 60.2 Å². The standard InChI is InChI=1S/C17H14O2/c1-2-19-17(18)14-9-8-13-7-6-12-4-3-5-15(12)16(13)11-10-14/h3-11H,2H2,1H3. The molecule has 0 saturated heterocycles. The van der Waals surface area contributed by atoms with E-state index in [0.29, 0.717) is 12.2 Å². The number of benzene rings is 1. The van der Waals surface area contributed by atoms with E-state index >= 15 is 0 Å². The van der Waals surface area contributed by atoms with Crippen LogP contribution in [0.1, 0.15) is 17.3 Å². The Bertz CT molecular complexity index is 759. The Morgan fingerprint density at radius 2 is 1.53 bits per heavy atom. The van der Waals surface area contributed by atoms with Gasteiger partial charge in [0, 0.05) is 0 Å². The van der Waals surface area contributed by atoms with Crippen LogP contribution < -0.4 is 0 Å². The third kappa shape index (κ3) is 2.06. The summed E-state index contributed by atoms with van der Waals surface area (Å²) in [7, 11) is 0. The average molecular weight is 250 g/mol. The first-order valence-corrected chi connectivity index (χ1v) is 6.38. The van der Waals surface area contributed by atoms with Crippen LogP contribution in [0.15, 0.2) is 54.6 Å². The van der Waals surface area contributed by atoms with Gasteiger partial charge in [0.25, 0.3) is 0 Å². The molecule has 2 heteroatoms. The lowest BCUT2D eigenvalue weighted by Crippen LogP contribution is -2.02. The van der Waals surface area contributed by atoms with Crippen LogP contribution >= 0.6 is 0 Å². The van der Waals surface area contributed by atoms with Gasteiger partial charge in [-0.05, 0) is 40.6 Å². The van der Waals surface area contributed by atoms with E-state index in [1.54, 1.807) is 0 Å². The summed E-state index contributed by atoms with van der Waals surface area (Å²) >= 11 is 0. The van der Waals surface area contributed by atoms with Crippen molar-refractivity contribution in [2.75, 3.05) is 6.61 Å². The van der Waals surface area contributed by atoms with Crippen LogP contribution in [0.2, 0.25) is 0 Å². The van der Waals surface area contributed by atoms with Crippen molar-refractivity contribution in [1.82, 2.24) is 0 Å². The minimum Gasteiger partial charge on any atom is -0.462 e. The van der Waals surface area contributed by atoms with Crippen molar-refractivity contribution >= 4 is 27.5 Å². The molecule has 0 aliphatic carbocycles. The lowest BCUT2D eigenvalue weighted by Gasteiger charge is -1.97. The Kier molecular flexibility index (Phi) is 2.92. The number of hydrogen-bond acceptors (Lipinski definition) is 2. The monoisotopic (exact) mass is 250 g/mol. The summed E-state index contributed by atoms with van der Waals surface area (Å²) < 4.78 is 5.03. The molecule has 0 saturated carbocycles. The Balaban J connectivity index is 2.22. The van der Waals surface area contributed by atoms with Gasteiger partial charge in [0.15, 0.2) is 0 Å². The van der Waals surface area contributed by atoms with Crippen molar-refractivity contribution < 1.29 is 9.53 Å². The highest BCUT2D eigenvalue weighted by molar-refractivity contribution is 6.08. The van der Waals surface area contributed by atoms with Gasteiger partial charge in [-0.1, -0.05) is 42.5 Å². The van der Waals surface area contributed by atoms with Crippen LogP contribution in [-0.4, -0.2) is 12.6 Å². The minimum atomic E-state index is -0.276. The zero-order chi connectivity index (χ0) is 13.2. The molecular weight excluding hydrogens is 236 g/mol. The third-order valence-corrected chi connectivity index (χ3v) is 3.28. The summed E-state index contributed by atoms with van der Waals surface area (Å²) in [5.74, 6) is -0.276. The van der Waals surface area contributed by atoms with E-state index in [-0.39, 0.29) is 5.97 Å². The fourth-order valence-electron chi connectivity index (χ4n) is 2.34. The summed E-state index contributed by atoms with van der Waals surface area (Å²) in [5, 5.41) is 4.70. The molecule has 0 unspecified atom stereocenters. The Morgan fingerprint density at radius 3 is 2.32 bits per heavy atom. The highest BCUT2D eigenvalue weighted by atomic mass is 16.5. The van der Waals surface area contributed by atoms with Gasteiger partial charge in [0.05, 0.1) is 12.2 Å². The second kappa shape index (κ2) is 4.73. The predicted octanol–water partition coefficient (Wildman–Crippen LogP) is 4.17. The second-order valence-corrected chi connectivity index (χ2v) is 4.44. The fourth-order valence-corrected chi connectivity index (χ4v) is 2.34. The van der Waals surface area contributed by atoms with Crippen molar-refractivity contribution in [3.8, 4) is 0 Å². The van der Waals surface area contributed by atoms with E-state index in [1.807, 2.05) is 37.3 Å². The minimum absolute atomic E-state index is 0.276. The van der Waals surface area contributed by atoms with Crippen molar-refractivity contribution in [3.63, 3.8) is 0 Å². The average Bonchev–Trinajstić information content (AvgIpc) is 2.78. The largest absolute Gasteiger partial charge is 0.462 e. The maximum absolute atomic E-state index is 11.8. The Labute approximate surface area is 111 Å². The second-order valence-electron chi connectivity index (χ2n) is 4.44. The van der Waals surface area contributed by atoms with E-state index in [1.165, 1.54) is 10.8 Å². The van der Waals surface area contributed by atoms with Crippen LogP contribution in [0.4, 0.5) is 0 Å². The molecule has 0 heterocycles. The first-order chi connectivity index (χ1) is 9.29. The van der Waals surface area contributed by atoms with Gasteiger partial charge >= 0.3 is 5.97 Å². The molecule has 94 valence electrons. The van der Waals surface area contributed by atoms with Crippen molar-refractivity contribution in [2.45, 2.75) is 6.92 Å². The van der Waals surface area contributed by atoms with Gasteiger partial charge in [0.1, 0.15) is 0 Å². The predicted molar refractivity (Wildman–Crippen MR) is 77.4 cm³/mol. The summed E-state index contributed by atoms with van der Waals surface area (Å²) in [4.78, 5) is 11.8. The van der Waals surface area contributed by atoms with Crippen LogP contribution in [0.5, 0.6) is 0 Å². The van der Waals surface area contributed by atoms with Gasteiger partial charge in [-0.15, -0.1) is 0 Å². The highest BCUT2D eigenvalue weighted by Crippen LogP contribution is 2.25. The maximum atomic E-state index is 11.8. The van der Waals surface area contributed by atoms with E-state index in [4.69, 9.17) is 4.74 Å². The molecule has 0 amide bonds. The van der Waals surface area contributed by atoms with E-state index < -0.39 is 0 Å². The number of fused-ring (bicyclic) bond motifs is 3. The van der Waals surface area contributed by atoms with E-state index in [0.717, 1.165) is 10.8 Å². The molecule has 0 spiro atoms. The zero-order valence-corrected chi connectivity index (χ0v) is 10.7. The summed E-state index contributed by atoms with van der Waals surface area (Å²) in [6.07, 6.45) is 0. The molecule has 0 N–H and O–H groups in total. The molecule has 0 aliphatic heterocycles. The van der Waals surface area contributed by atoms with Gasteiger partial charge in [-0.2, -0.15) is 0 Å². The van der Waals surface area contributed by atoms with Gasteiger partial charge in [0.2, 0.25) is 0 Å².